The molecule has 1 aromatic rings. The van der Waals surface area contributed by atoms with E-state index in [1.54, 1.807) is 25.7 Å². The van der Waals surface area contributed by atoms with E-state index in [0.717, 1.165) is 24.0 Å². The lowest BCUT2D eigenvalue weighted by Crippen LogP contribution is -2.60. The Morgan fingerprint density at radius 2 is 1.58 bits per heavy atom. The molecule has 0 aromatic heterocycles. The molecule has 0 aliphatic carbocycles. The van der Waals surface area contributed by atoms with Crippen molar-refractivity contribution in [3.8, 4) is 0 Å². The topological polar surface area (TPSA) is 87.7 Å². The highest BCUT2D eigenvalue weighted by Gasteiger charge is 2.44. The second-order valence-corrected chi connectivity index (χ2v) is 11.3. The predicted molar refractivity (Wildman–Crippen MR) is 146 cm³/mol. The lowest BCUT2D eigenvalue weighted by molar-refractivity contribution is -0.150. The lowest BCUT2D eigenvalue weighted by Gasteiger charge is -2.45. The van der Waals surface area contributed by atoms with Gasteiger partial charge < -0.3 is 20.3 Å². The zero-order valence-electron chi connectivity index (χ0n) is 24.2. The first kappa shape index (κ1) is 31.5. The van der Waals surface area contributed by atoms with E-state index in [4.69, 9.17) is 4.74 Å². The summed E-state index contributed by atoms with van der Waals surface area (Å²) in [5.74, 6) is -0.678. The van der Waals surface area contributed by atoms with Crippen LogP contribution in [0, 0.1) is 12.8 Å². The maximum Gasteiger partial charge on any atom is 0.408 e. The van der Waals surface area contributed by atoms with Crippen LogP contribution in [0.3, 0.4) is 0 Å². The molecular weight excluding hydrogens is 454 g/mol. The summed E-state index contributed by atoms with van der Waals surface area (Å²) in [6.45, 7) is 19.8. The SMILES string of the molecule is CCCCNC(=O)C(c1ccc(C)cc1)N(C(=O)C(NC(=O)OC(C)(C)C)C(C)CC)C(C)(C)CC. The number of unbranched alkanes of at least 4 members (excludes halogenated alkanes) is 1. The van der Waals surface area contributed by atoms with Crippen molar-refractivity contribution < 1.29 is 19.1 Å². The summed E-state index contributed by atoms with van der Waals surface area (Å²) in [7, 11) is 0. The molecule has 0 bridgehead atoms. The summed E-state index contributed by atoms with van der Waals surface area (Å²) in [4.78, 5) is 42.4. The van der Waals surface area contributed by atoms with E-state index in [2.05, 4.69) is 17.6 Å². The van der Waals surface area contributed by atoms with Gasteiger partial charge in [0.1, 0.15) is 17.7 Å². The first-order valence-corrected chi connectivity index (χ1v) is 13.3. The van der Waals surface area contributed by atoms with Crippen LogP contribution in [0.5, 0.6) is 0 Å². The maximum atomic E-state index is 14.3. The minimum absolute atomic E-state index is 0.165. The molecule has 0 heterocycles. The Bertz CT molecular complexity index is 858. The van der Waals surface area contributed by atoms with Crippen LogP contribution >= 0.6 is 0 Å². The quantitative estimate of drug-likeness (QED) is 0.347. The van der Waals surface area contributed by atoms with Gasteiger partial charge >= 0.3 is 6.09 Å². The zero-order valence-corrected chi connectivity index (χ0v) is 24.2. The molecular formula is C29H49N3O4. The normalized spacial score (nSPS) is 14.4. The minimum atomic E-state index is -0.841. The molecule has 0 spiro atoms. The van der Waals surface area contributed by atoms with Gasteiger partial charge in [0, 0.05) is 12.1 Å². The maximum absolute atomic E-state index is 14.3. The van der Waals surface area contributed by atoms with Crippen LogP contribution in [-0.2, 0) is 14.3 Å². The molecule has 1 aromatic carbocycles. The molecule has 7 nitrogen and oxygen atoms in total. The van der Waals surface area contributed by atoms with Crippen LogP contribution in [0.1, 0.15) is 105 Å². The number of nitrogens with one attached hydrogen (secondary N) is 2. The first-order chi connectivity index (χ1) is 16.7. The Balaban J connectivity index is 3.60. The van der Waals surface area contributed by atoms with Crippen LogP contribution in [0.25, 0.3) is 0 Å². The third-order valence-electron chi connectivity index (χ3n) is 6.64. The molecule has 0 saturated carbocycles. The molecule has 1 rings (SSSR count). The number of benzene rings is 1. The lowest BCUT2D eigenvalue weighted by atomic mass is 9.89. The molecule has 0 saturated heterocycles. The van der Waals surface area contributed by atoms with Gasteiger partial charge in [0.25, 0.3) is 0 Å². The van der Waals surface area contributed by atoms with Gasteiger partial charge in [-0.2, -0.15) is 0 Å². The van der Waals surface area contributed by atoms with Gasteiger partial charge in [-0.3, -0.25) is 9.59 Å². The number of ether oxygens (including phenoxy) is 1. The fraction of sp³-hybridized carbons (Fsp3) is 0.690. The predicted octanol–water partition coefficient (Wildman–Crippen LogP) is 5.91. The van der Waals surface area contributed by atoms with E-state index >= 15 is 0 Å². The third-order valence-corrected chi connectivity index (χ3v) is 6.64. The van der Waals surface area contributed by atoms with Gasteiger partial charge in [0.2, 0.25) is 11.8 Å². The minimum Gasteiger partial charge on any atom is -0.444 e. The summed E-state index contributed by atoms with van der Waals surface area (Å²) >= 11 is 0. The fourth-order valence-corrected chi connectivity index (χ4v) is 3.86. The van der Waals surface area contributed by atoms with Crippen molar-refractivity contribution in [3.63, 3.8) is 0 Å². The molecule has 3 unspecified atom stereocenters. The summed E-state index contributed by atoms with van der Waals surface area (Å²) < 4.78 is 5.48. The van der Waals surface area contributed by atoms with Crippen LogP contribution in [0.15, 0.2) is 24.3 Å². The Labute approximate surface area is 218 Å². The molecule has 0 fully saturated rings. The van der Waals surface area contributed by atoms with Crippen molar-refractivity contribution in [1.29, 1.82) is 0 Å². The van der Waals surface area contributed by atoms with Crippen LogP contribution in [0.2, 0.25) is 0 Å². The van der Waals surface area contributed by atoms with Crippen LogP contribution < -0.4 is 10.6 Å². The van der Waals surface area contributed by atoms with E-state index in [1.165, 1.54) is 0 Å². The van der Waals surface area contributed by atoms with Gasteiger partial charge in [-0.15, -0.1) is 0 Å². The van der Waals surface area contributed by atoms with E-state index in [-0.39, 0.29) is 17.7 Å². The van der Waals surface area contributed by atoms with Crippen molar-refractivity contribution in [3.05, 3.63) is 35.4 Å². The molecule has 0 aliphatic heterocycles. The number of alkyl carbamates (subject to hydrolysis) is 1. The molecule has 3 amide bonds. The smallest absolute Gasteiger partial charge is 0.408 e. The standard InChI is InChI=1S/C29H49N3O4/c1-11-14-19-30-25(33)24(22-17-15-20(4)16-18-22)32(29(9,10)13-3)26(34)23(21(5)12-2)31-27(35)36-28(6,7)8/h15-18,21,23-24H,11-14,19H2,1-10H3,(H,30,33)(H,31,35). The molecule has 7 heteroatoms. The Morgan fingerprint density at radius 1 is 1.00 bits per heavy atom. The number of amides is 3. The Morgan fingerprint density at radius 3 is 2.06 bits per heavy atom. The van der Waals surface area contributed by atoms with E-state index in [0.29, 0.717) is 19.4 Å². The highest BCUT2D eigenvalue weighted by molar-refractivity contribution is 5.92. The monoisotopic (exact) mass is 503 g/mol. The van der Waals surface area contributed by atoms with Crippen molar-refractivity contribution in [1.82, 2.24) is 15.5 Å². The summed E-state index contributed by atoms with van der Waals surface area (Å²) in [5.41, 5.74) is 0.458. The number of hydrogen-bond donors (Lipinski definition) is 2. The fourth-order valence-electron chi connectivity index (χ4n) is 3.86. The zero-order chi connectivity index (χ0) is 27.7. The average Bonchev–Trinajstić information content (AvgIpc) is 2.79. The largest absolute Gasteiger partial charge is 0.444 e. The number of aryl methyl sites for hydroxylation is 1. The van der Waals surface area contributed by atoms with Gasteiger partial charge in [0.05, 0.1) is 0 Å². The number of carbonyl (C=O) groups excluding carboxylic acids is 3. The number of carbonyl (C=O) groups is 3. The molecule has 36 heavy (non-hydrogen) atoms. The van der Waals surface area contributed by atoms with Crippen molar-refractivity contribution >= 4 is 17.9 Å². The first-order valence-electron chi connectivity index (χ1n) is 13.3. The highest BCUT2D eigenvalue weighted by Crippen LogP contribution is 2.33. The average molecular weight is 504 g/mol. The van der Waals surface area contributed by atoms with Crippen LogP contribution in [-0.4, -0.2) is 46.5 Å². The van der Waals surface area contributed by atoms with Crippen molar-refractivity contribution in [2.24, 2.45) is 5.92 Å². The second kappa shape index (κ2) is 13.7. The van der Waals surface area contributed by atoms with E-state index in [9.17, 15) is 14.4 Å². The Hall–Kier alpha value is -2.57. The summed E-state index contributed by atoms with van der Waals surface area (Å²) in [5, 5.41) is 5.86. The number of nitrogens with zero attached hydrogens (tertiary/aromatic N) is 1. The van der Waals surface area contributed by atoms with Gasteiger partial charge in [0.15, 0.2) is 0 Å². The van der Waals surface area contributed by atoms with Crippen molar-refractivity contribution in [2.75, 3.05) is 6.54 Å². The summed E-state index contributed by atoms with van der Waals surface area (Å²) in [6, 6.07) is 6.04. The molecule has 3 atom stereocenters. The van der Waals surface area contributed by atoms with Crippen molar-refractivity contribution in [2.45, 2.75) is 118 Å². The van der Waals surface area contributed by atoms with Gasteiger partial charge in [-0.1, -0.05) is 70.4 Å². The van der Waals surface area contributed by atoms with E-state index < -0.39 is 29.3 Å². The number of rotatable bonds is 12. The van der Waals surface area contributed by atoms with Gasteiger partial charge in [-0.25, -0.2) is 4.79 Å². The molecule has 0 radical (unpaired) electrons. The molecule has 204 valence electrons. The highest BCUT2D eigenvalue weighted by atomic mass is 16.6. The Kier molecular flexibility index (Phi) is 11.9. The van der Waals surface area contributed by atoms with E-state index in [1.807, 2.05) is 65.8 Å². The third kappa shape index (κ3) is 9.14. The summed E-state index contributed by atoms with van der Waals surface area (Å²) in [6.07, 6.45) is 2.46. The van der Waals surface area contributed by atoms with Crippen LogP contribution in [0.4, 0.5) is 4.79 Å². The van der Waals surface area contributed by atoms with Gasteiger partial charge in [-0.05, 0) is 65.9 Å². The molecule has 2 N–H and O–H groups in total. The molecule has 0 aliphatic rings. The second-order valence-electron chi connectivity index (χ2n) is 11.3. The number of hydrogen-bond acceptors (Lipinski definition) is 4.